The predicted octanol–water partition coefficient (Wildman–Crippen LogP) is 3.48. The van der Waals surface area contributed by atoms with Gasteiger partial charge >= 0.3 is 5.97 Å². The lowest BCUT2D eigenvalue weighted by atomic mass is 10.1. The number of carbonyl (C=O) groups is 1. The molecule has 0 radical (unpaired) electrons. The van der Waals surface area contributed by atoms with E-state index in [-0.39, 0.29) is 12.4 Å². The van der Waals surface area contributed by atoms with Gasteiger partial charge in [0.25, 0.3) is 0 Å². The molecule has 0 fully saturated rings. The summed E-state index contributed by atoms with van der Waals surface area (Å²) >= 11 is 0. The highest BCUT2D eigenvalue weighted by atomic mass is 16.6. The van der Waals surface area contributed by atoms with Crippen LogP contribution in [-0.4, -0.2) is 158 Å². The quantitative estimate of drug-likeness (QED) is 0.0696. The highest BCUT2D eigenvalue weighted by Crippen LogP contribution is 2.04. The van der Waals surface area contributed by atoms with Crippen LogP contribution in [0.15, 0.2) is 0 Å². The summed E-state index contributed by atoms with van der Waals surface area (Å²) in [5.41, 5.74) is 0. The molecule has 0 aliphatic carbocycles. The average Bonchev–Trinajstić information content (AvgIpc) is 3.06. The lowest BCUT2D eigenvalue weighted by Gasteiger charge is -2.09. The number of carbonyl (C=O) groups excluding carboxylic acids is 1. The van der Waals surface area contributed by atoms with Crippen molar-refractivity contribution in [3.05, 3.63) is 0 Å². The molecule has 0 saturated heterocycles. The minimum absolute atomic E-state index is 0.249. The Hall–Kier alpha value is -0.970. The molecule has 0 saturated carbocycles. The molecule has 13 heteroatoms. The van der Waals surface area contributed by atoms with Crippen molar-refractivity contribution in [1.82, 2.24) is 0 Å². The Kier molecular flexibility index (Phi) is 41.2. The Morgan fingerprint density at radius 3 is 0.891 bits per heavy atom. The van der Waals surface area contributed by atoms with Crippen molar-refractivity contribution >= 4 is 5.97 Å². The minimum atomic E-state index is -0.249. The van der Waals surface area contributed by atoms with Crippen molar-refractivity contribution in [1.29, 1.82) is 0 Å². The van der Waals surface area contributed by atoms with Crippen molar-refractivity contribution in [2.45, 2.75) is 58.8 Å². The van der Waals surface area contributed by atoms with E-state index in [1.807, 2.05) is 0 Å². The van der Waals surface area contributed by atoms with Gasteiger partial charge in [-0.05, 0) is 13.3 Å². The van der Waals surface area contributed by atoms with Crippen LogP contribution in [0.4, 0.5) is 0 Å². The van der Waals surface area contributed by atoms with E-state index in [1.165, 1.54) is 32.1 Å². The number of esters is 1. The molecule has 0 aromatic rings. The van der Waals surface area contributed by atoms with E-state index in [0.29, 0.717) is 145 Å². The van der Waals surface area contributed by atoms with Gasteiger partial charge < -0.3 is 56.8 Å². The molecule has 0 aromatic carbocycles. The van der Waals surface area contributed by atoms with Gasteiger partial charge in [-0.15, -0.1) is 0 Å². The molecule has 0 spiro atoms. The van der Waals surface area contributed by atoms with Gasteiger partial charge in [0.1, 0.15) is 0 Å². The average molecular weight is 671 g/mol. The van der Waals surface area contributed by atoms with Crippen molar-refractivity contribution in [3.63, 3.8) is 0 Å². The molecule has 0 bridgehead atoms. The fourth-order valence-corrected chi connectivity index (χ4v) is 3.67. The van der Waals surface area contributed by atoms with Gasteiger partial charge in [0.15, 0.2) is 0 Å². The summed E-state index contributed by atoms with van der Waals surface area (Å²) in [6.45, 7) is 15.9. The number of ether oxygens (including phenoxy) is 12. The van der Waals surface area contributed by atoms with Crippen molar-refractivity contribution in [2.24, 2.45) is 0 Å². The number of hydrogen-bond donors (Lipinski definition) is 0. The van der Waals surface area contributed by atoms with Gasteiger partial charge in [0.2, 0.25) is 0 Å². The summed E-state index contributed by atoms with van der Waals surface area (Å²) < 4.78 is 64.9. The largest absolute Gasteiger partial charge is 0.466 e. The Balaban J connectivity index is 3.05. The Labute approximate surface area is 278 Å². The third-order valence-electron chi connectivity index (χ3n) is 6.12. The summed E-state index contributed by atoms with van der Waals surface area (Å²) in [6.07, 6.45) is 7.93. The Bertz CT molecular complexity index is 572. The molecule has 13 nitrogen and oxygen atoms in total. The summed E-state index contributed by atoms with van der Waals surface area (Å²) in [6, 6.07) is 0. The zero-order valence-electron chi connectivity index (χ0n) is 29.0. The highest BCUT2D eigenvalue weighted by Gasteiger charge is 2.01. The zero-order valence-corrected chi connectivity index (χ0v) is 29.0. The standard InChI is InChI=1S/C33H66O13/c1-3-5-6-7-8-9-11-35-13-15-37-17-19-39-21-23-41-25-27-43-29-31-45-32-30-44-28-26-42-24-22-40-20-18-38-16-14-36-12-10-33(34)46-4-2/h3-32H2,1-2H3. The van der Waals surface area contributed by atoms with Crippen LogP contribution >= 0.6 is 0 Å². The van der Waals surface area contributed by atoms with E-state index in [1.54, 1.807) is 6.92 Å². The molecule has 46 heavy (non-hydrogen) atoms. The molecule has 0 aliphatic heterocycles. The fraction of sp³-hybridized carbons (Fsp3) is 0.970. The van der Waals surface area contributed by atoms with E-state index < -0.39 is 0 Å². The highest BCUT2D eigenvalue weighted by molar-refractivity contribution is 5.69. The molecule has 0 unspecified atom stereocenters. The van der Waals surface area contributed by atoms with Gasteiger partial charge in [-0.1, -0.05) is 39.0 Å². The zero-order chi connectivity index (χ0) is 33.3. The first kappa shape index (κ1) is 45.0. The number of unbranched alkanes of at least 4 members (excludes halogenated alkanes) is 5. The van der Waals surface area contributed by atoms with Crippen LogP contribution in [0.1, 0.15) is 58.8 Å². The van der Waals surface area contributed by atoms with Gasteiger partial charge in [-0.25, -0.2) is 0 Å². The maximum Gasteiger partial charge on any atom is 0.308 e. The summed E-state index contributed by atoms with van der Waals surface area (Å²) in [7, 11) is 0. The summed E-state index contributed by atoms with van der Waals surface area (Å²) in [4.78, 5) is 11.1. The van der Waals surface area contributed by atoms with Crippen LogP contribution < -0.4 is 0 Å². The summed E-state index contributed by atoms with van der Waals surface area (Å²) in [5.74, 6) is -0.249. The Morgan fingerprint density at radius 2 is 0.587 bits per heavy atom. The van der Waals surface area contributed by atoms with Gasteiger partial charge in [0.05, 0.1) is 152 Å². The molecule has 0 N–H and O–H groups in total. The van der Waals surface area contributed by atoms with Gasteiger partial charge in [-0.3, -0.25) is 4.79 Å². The van der Waals surface area contributed by atoms with Crippen molar-refractivity contribution in [2.75, 3.05) is 152 Å². The Morgan fingerprint density at radius 1 is 0.326 bits per heavy atom. The molecular formula is C33H66O13. The molecular weight excluding hydrogens is 604 g/mol. The van der Waals surface area contributed by atoms with E-state index >= 15 is 0 Å². The van der Waals surface area contributed by atoms with E-state index in [9.17, 15) is 4.79 Å². The SMILES string of the molecule is CCCCCCCCOCCOCCOCCOCCOCCOCCOCCOCCOCCOCCOCCC(=O)OCC. The van der Waals surface area contributed by atoms with Crippen LogP contribution in [0.5, 0.6) is 0 Å². The second-order valence-corrected chi connectivity index (χ2v) is 10.1. The monoisotopic (exact) mass is 670 g/mol. The molecule has 0 aliphatic rings. The van der Waals surface area contributed by atoms with Crippen LogP contribution in [0.25, 0.3) is 0 Å². The lowest BCUT2D eigenvalue weighted by Crippen LogP contribution is -2.15. The third kappa shape index (κ3) is 41.1. The molecule has 0 atom stereocenters. The van der Waals surface area contributed by atoms with E-state index in [2.05, 4.69) is 6.92 Å². The number of hydrogen-bond acceptors (Lipinski definition) is 13. The second-order valence-electron chi connectivity index (χ2n) is 10.1. The van der Waals surface area contributed by atoms with Crippen LogP contribution in [0.3, 0.4) is 0 Å². The first-order valence-corrected chi connectivity index (χ1v) is 17.3. The lowest BCUT2D eigenvalue weighted by molar-refractivity contribution is -0.144. The molecule has 0 heterocycles. The molecule has 0 aromatic heterocycles. The van der Waals surface area contributed by atoms with Crippen LogP contribution in [-0.2, 0) is 61.6 Å². The molecule has 276 valence electrons. The van der Waals surface area contributed by atoms with E-state index in [4.69, 9.17) is 56.8 Å². The van der Waals surface area contributed by atoms with Gasteiger partial charge in [0, 0.05) is 6.61 Å². The third-order valence-corrected chi connectivity index (χ3v) is 6.12. The van der Waals surface area contributed by atoms with Crippen LogP contribution in [0.2, 0.25) is 0 Å². The normalized spacial score (nSPS) is 11.4. The maximum absolute atomic E-state index is 11.1. The first-order valence-electron chi connectivity index (χ1n) is 17.3. The molecule has 0 amide bonds. The smallest absolute Gasteiger partial charge is 0.308 e. The summed E-state index contributed by atoms with van der Waals surface area (Å²) in [5, 5.41) is 0. The topological polar surface area (TPSA) is 128 Å². The minimum Gasteiger partial charge on any atom is -0.466 e. The fourth-order valence-electron chi connectivity index (χ4n) is 3.67. The van der Waals surface area contributed by atoms with Crippen molar-refractivity contribution < 1.29 is 61.6 Å². The molecule has 0 rings (SSSR count). The van der Waals surface area contributed by atoms with E-state index in [0.717, 1.165) is 13.0 Å². The maximum atomic E-state index is 11.1. The van der Waals surface area contributed by atoms with Crippen LogP contribution in [0, 0.1) is 0 Å². The van der Waals surface area contributed by atoms with Crippen molar-refractivity contribution in [3.8, 4) is 0 Å². The first-order chi connectivity index (χ1) is 22.8. The second kappa shape index (κ2) is 42.1. The van der Waals surface area contributed by atoms with Gasteiger partial charge in [-0.2, -0.15) is 0 Å². The predicted molar refractivity (Wildman–Crippen MR) is 174 cm³/mol. The number of rotatable bonds is 41.